The van der Waals surface area contributed by atoms with Gasteiger partial charge in [0.1, 0.15) is 0 Å². The van der Waals surface area contributed by atoms with Crippen LogP contribution in [-0.4, -0.2) is 13.1 Å². The van der Waals surface area contributed by atoms with Crippen molar-refractivity contribution in [2.45, 2.75) is 58.3 Å². The molecule has 16 heavy (non-hydrogen) atoms. The summed E-state index contributed by atoms with van der Waals surface area (Å²) < 4.78 is 0. The third-order valence-electron chi connectivity index (χ3n) is 5.53. The Bertz CT molecular complexity index is 244. The second kappa shape index (κ2) is 4.33. The highest BCUT2D eigenvalue weighted by molar-refractivity contribution is 4.95. The van der Waals surface area contributed by atoms with Crippen molar-refractivity contribution < 1.29 is 0 Å². The Hall–Kier alpha value is -0.0400. The molecule has 0 amide bonds. The Labute approximate surface area is 100 Å². The van der Waals surface area contributed by atoms with Gasteiger partial charge in [-0.05, 0) is 68.2 Å². The quantitative estimate of drug-likeness (QED) is 0.722. The largest absolute Gasteiger partial charge is 0.316 e. The van der Waals surface area contributed by atoms with Crippen LogP contribution in [0.2, 0.25) is 0 Å². The summed E-state index contributed by atoms with van der Waals surface area (Å²) >= 11 is 0. The van der Waals surface area contributed by atoms with Crippen LogP contribution in [0.5, 0.6) is 0 Å². The van der Waals surface area contributed by atoms with Crippen molar-refractivity contribution in [1.82, 2.24) is 5.32 Å². The van der Waals surface area contributed by atoms with Gasteiger partial charge in [0.15, 0.2) is 0 Å². The minimum absolute atomic E-state index is 0.742. The van der Waals surface area contributed by atoms with Gasteiger partial charge in [-0.25, -0.2) is 0 Å². The van der Waals surface area contributed by atoms with Crippen LogP contribution in [-0.2, 0) is 0 Å². The summed E-state index contributed by atoms with van der Waals surface area (Å²) in [5.74, 6) is 3.25. The molecule has 3 fully saturated rings. The van der Waals surface area contributed by atoms with Gasteiger partial charge in [0, 0.05) is 6.54 Å². The highest BCUT2D eigenvalue weighted by atomic mass is 14.9. The molecule has 0 spiro atoms. The SMILES string of the molecule is CCCC1(CNCC2CC3CCC2C3)CC1. The van der Waals surface area contributed by atoms with Crippen molar-refractivity contribution in [2.24, 2.45) is 23.2 Å². The zero-order valence-corrected chi connectivity index (χ0v) is 10.8. The first-order chi connectivity index (χ1) is 7.81. The standard InChI is InChI=1S/C15H27N/c1-2-5-15(6-7-15)11-16-10-14-9-12-3-4-13(14)8-12/h12-14,16H,2-11H2,1H3. The first-order valence-corrected chi connectivity index (χ1v) is 7.52. The topological polar surface area (TPSA) is 12.0 Å². The fourth-order valence-electron chi connectivity index (χ4n) is 4.37. The molecule has 3 unspecified atom stereocenters. The summed E-state index contributed by atoms with van der Waals surface area (Å²) in [7, 11) is 0. The Kier molecular flexibility index (Phi) is 2.99. The fourth-order valence-corrected chi connectivity index (χ4v) is 4.37. The maximum absolute atomic E-state index is 3.80. The monoisotopic (exact) mass is 221 g/mol. The van der Waals surface area contributed by atoms with Crippen molar-refractivity contribution >= 4 is 0 Å². The molecule has 3 atom stereocenters. The molecule has 0 radical (unpaired) electrons. The summed E-state index contributed by atoms with van der Waals surface area (Å²) in [5, 5.41) is 3.80. The normalized spacial score (nSPS) is 39.2. The predicted molar refractivity (Wildman–Crippen MR) is 68.4 cm³/mol. The minimum atomic E-state index is 0.742. The Balaban J connectivity index is 1.38. The molecule has 0 heterocycles. The van der Waals surface area contributed by atoms with Crippen molar-refractivity contribution in [3.05, 3.63) is 0 Å². The van der Waals surface area contributed by atoms with Gasteiger partial charge in [0.25, 0.3) is 0 Å². The molecule has 0 aromatic carbocycles. The van der Waals surface area contributed by atoms with Crippen LogP contribution in [0.3, 0.4) is 0 Å². The van der Waals surface area contributed by atoms with Crippen molar-refractivity contribution in [3.63, 3.8) is 0 Å². The molecule has 0 aromatic rings. The van der Waals surface area contributed by atoms with Gasteiger partial charge in [-0.2, -0.15) is 0 Å². The Morgan fingerprint density at radius 2 is 2.06 bits per heavy atom. The summed E-state index contributed by atoms with van der Waals surface area (Å²) in [5.41, 5.74) is 0.742. The van der Waals surface area contributed by atoms with Crippen LogP contribution in [0.1, 0.15) is 58.3 Å². The van der Waals surface area contributed by atoms with Crippen molar-refractivity contribution in [3.8, 4) is 0 Å². The minimum Gasteiger partial charge on any atom is -0.316 e. The van der Waals surface area contributed by atoms with Crippen LogP contribution >= 0.6 is 0 Å². The van der Waals surface area contributed by atoms with Gasteiger partial charge in [0.2, 0.25) is 0 Å². The first-order valence-electron chi connectivity index (χ1n) is 7.52. The number of nitrogens with one attached hydrogen (secondary N) is 1. The maximum atomic E-state index is 3.80. The van der Waals surface area contributed by atoms with E-state index in [1.165, 1.54) is 45.2 Å². The van der Waals surface area contributed by atoms with Gasteiger partial charge in [-0.3, -0.25) is 0 Å². The van der Waals surface area contributed by atoms with E-state index < -0.39 is 0 Å². The van der Waals surface area contributed by atoms with E-state index in [0.29, 0.717) is 0 Å². The second-order valence-electron chi connectivity index (χ2n) is 6.82. The number of hydrogen-bond donors (Lipinski definition) is 1. The van der Waals surface area contributed by atoms with Gasteiger partial charge < -0.3 is 5.32 Å². The van der Waals surface area contributed by atoms with Crippen LogP contribution in [0, 0.1) is 23.2 Å². The number of fused-ring (bicyclic) bond motifs is 2. The average molecular weight is 221 g/mol. The molecule has 0 aromatic heterocycles. The first kappa shape index (κ1) is 11.1. The number of rotatable bonds is 6. The van der Waals surface area contributed by atoms with Crippen LogP contribution in [0.25, 0.3) is 0 Å². The summed E-state index contributed by atoms with van der Waals surface area (Å²) in [6.45, 7) is 4.97. The molecule has 0 saturated heterocycles. The maximum Gasteiger partial charge on any atom is 0.000793 e. The zero-order valence-electron chi connectivity index (χ0n) is 10.8. The van der Waals surface area contributed by atoms with Crippen molar-refractivity contribution in [2.75, 3.05) is 13.1 Å². The second-order valence-corrected chi connectivity index (χ2v) is 6.82. The molecule has 3 rings (SSSR count). The fraction of sp³-hybridized carbons (Fsp3) is 1.00. The highest BCUT2D eigenvalue weighted by Crippen LogP contribution is 2.50. The molecular formula is C15H27N. The summed E-state index contributed by atoms with van der Waals surface area (Å²) in [4.78, 5) is 0. The number of hydrogen-bond acceptors (Lipinski definition) is 1. The highest BCUT2D eigenvalue weighted by Gasteiger charge is 2.42. The molecule has 3 saturated carbocycles. The van der Waals surface area contributed by atoms with E-state index in [2.05, 4.69) is 12.2 Å². The lowest BCUT2D eigenvalue weighted by Gasteiger charge is -2.23. The van der Waals surface area contributed by atoms with Crippen LogP contribution < -0.4 is 5.32 Å². The predicted octanol–water partition coefficient (Wildman–Crippen LogP) is 3.59. The van der Waals surface area contributed by atoms with E-state index in [0.717, 1.165) is 23.2 Å². The van der Waals surface area contributed by atoms with Crippen LogP contribution in [0.4, 0.5) is 0 Å². The van der Waals surface area contributed by atoms with E-state index >= 15 is 0 Å². The van der Waals surface area contributed by atoms with Crippen molar-refractivity contribution in [1.29, 1.82) is 0 Å². The third-order valence-corrected chi connectivity index (χ3v) is 5.53. The van der Waals surface area contributed by atoms with Gasteiger partial charge in [-0.15, -0.1) is 0 Å². The lowest BCUT2D eigenvalue weighted by atomic mass is 9.88. The zero-order chi connectivity index (χ0) is 11.0. The molecule has 3 aliphatic rings. The summed E-state index contributed by atoms with van der Waals surface area (Å²) in [6, 6.07) is 0. The lowest BCUT2D eigenvalue weighted by Crippen LogP contribution is -2.31. The van der Waals surface area contributed by atoms with E-state index in [9.17, 15) is 0 Å². The smallest absolute Gasteiger partial charge is 0.000793 e. The molecular weight excluding hydrogens is 194 g/mol. The van der Waals surface area contributed by atoms with E-state index in [-0.39, 0.29) is 0 Å². The van der Waals surface area contributed by atoms with E-state index in [1.807, 2.05) is 0 Å². The van der Waals surface area contributed by atoms with Gasteiger partial charge in [0.05, 0.1) is 0 Å². The van der Waals surface area contributed by atoms with Crippen LogP contribution in [0.15, 0.2) is 0 Å². The van der Waals surface area contributed by atoms with Gasteiger partial charge >= 0.3 is 0 Å². The molecule has 1 nitrogen and oxygen atoms in total. The average Bonchev–Trinajstić information content (AvgIpc) is 2.75. The van der Waals surface area contributed by atoms with E-state index in [4.69, 9.17) is 0 Å². The third kappa shape index (κ3) is 2.16. The van der Waals surface area contributed by atoms with E-state index in [1.54, 1.807) is 19.3 Å². The molecule has 3 aliphatic carbocycles. The molecule has 92 valence electrons. The summed E-state index contributed by atoms with van der Waals surface area (Å²) in [6.07, 6.45) is 12.0. The Morgan fingerprint density at radius 3 is 2.62 bits per heavy atom. The molecule has 0 aliphatic heterocycles. The molecule has 2 bridgehead atoms. The lowest BCUT2D eigenvalue weighted by molar-refractivity contribution is 0.304. The molecule has 1 heteroatoms. The Morgan fingerprint density at radius 1 is 1.19 bits per heavy atom. The van der Waals surface area contributed by atoms with Gasteiger partial charge in [-0.1, -0.05) is 19.8 Å². The molecule has 1 N–H and O–H groups in total.